The first-order valence-corrected chi connectivity index (χ1v) is 5.80. The van der Waals surface area contributed by atoms with Crippen molar-refractivity contribution >= 4 is 6.21 Å². The molecule has 0 saturated carbocycles. The molecule has 0 aromatic carbocycles. The third-order valence-electron chi connectivity index (χ3n) is 2.34. The maximum atomic E-state index is 3.98. The number of rotatable bonds is 4. The van der Waals surface area contributed by atoms with E-state index in [-0.39, 0.29) is 0 Å². The van der Waals surface area contributed by atoms with E-state index in [2.05, 4.69) is 40.7 Å². The molecule has 1 aliphatic heterocycles. The molecule has 0 saturated heterocycles. The lowest BCUT2D eigenvalue weighted by atomic mass is 10.3. The molecule has 0 amide bonds. The molecule has 4 heteroatoms. The summed E-state index contributed by atoms with van der Waals surface area (Å²) in [6.07, 6.45) is 11.3. The lowest BCUT2D eigenvalue weighted by Crippen LogP contribution is -2.29. The van der Waals surface area contributed by atoms with Crippen molar-refractivity contribution in [3.05, 3.63) is 35.8 Å². The molecule has 0 bridgehead atoms. The van der Waals surface area contributed by atoms with Gasteiger partial charge in [0.05, 0.1) is 5.70 Å². The van der Waals surface area contributed by atoms with Gasteiger partial charge in [-0.25, -0.2) is 0 Å². The van der Waals surface area contributed by atoms with Crippen molar-refractivity contribution in [1.82, 2.24) is 15.3 Å². The van der Waals surface area contributed by atoms with E-state index < -0.39 is 0 Å². The van der Waals surface area contributed by atoms with Crippen LogP contribution in [0.5, 0.6) is 0 Å². The fraction of sp³-hybridized carbons (Fsp3) is 0.462. The van der Waals surface area contributed by atoms with E-state index in [1.54, 1.807) is 7.05 Å². The maximum Gasteiger partial charge on any atom is 0.0697 e. The van der Waals surface area contributed by atoms with Gasteiger partial charge in [-0.15, -0.1) is 0 Å². The molecule has 0 aromatic rings. The zero-order valence-electron chi connectivity index (χ0n) is 11.1. The van der Waals surface area contributed by atoms with Crippen LogP contribution < -0.4 is 5.43 Å². The molecule has 4 nitrogen and oxygen atoms in total. The highest BCUT2D eigenvalue weighted by Gasteiger charge is 2.01. The van der Waals surface area contributed by atoms with E-state index in [0.29, 0.717) is 0 Å². The molecule has 17 heavy (non-hydrogen) atoms. The van der Waals surface area contributed by atoms with Crippen LogP contribution in [-0.4, -0.2) is 43.8 Å². The van der Waals surface area contributed by atoms with Crippen LogP contribution in [-0.2, 0) is 0 Å². The van der Waals surface area contributed by atoms with Crippen molar-refractivity contribution in [2.75, 3.05) is 27.7 Å². The average molecular weight is 234 g/mol. The normalized spacial score (nSPS) is 17.1. The van der Waals surface area contributed by atoms with Gasteiger partial charge in [0.2, 0.25) is 0 Å². The Kier molecular flexibility index (Phi) is 5.33. The summed E-state index contributed by atoms with van der Waals surface area (Å²) < 4.78 is 0. The first kappa shape index (κ1) is 13.4. The van der Waals surface area contributed by atoms with Crippen LogP contribution >= 0.6 is 0 Å². The minimum Gasteiger partial charge on any atom is -0.378 e. The molecular formula is C13H22N4. The highest BCUT2D eigenvalue weighted by molar-refractivity contribution is 5.77. The third kappa shape index (κ3) is 5.24. The minimum atomic E-state index is 1.06. The first-order chi connectivity index (χ1) is 8.11. The summed E-state index contributed by atoms with van der Waals surface area (Å²) in [5.41, 5.74) is 5.50. The third-order valence-corrected chi connectivity index (χ3v) is 2.34. The zero-order chi connectivity index (χ0) is 12.7. The van der Waals surface area contributed by atoms with Crippen molar-refractivity contribution in [2.45, 2.75) is 13.3 Å². The fourth-order valence-corrected chi connectivity index (χ4v) is 1.68. The standard InChI is InChI=1S/C13H22N4/c1-12(9-14-2)10-17(4)15-13-7-5-6-8-16(3)11-13/h5,7,9-11,15H,6,8H2,1-4H3/b12-10-,14-9?. The SMILES string of the molecule is CN=C/C(C)=C\N(C)NC1=CN(C)CCC=C1. The number of aliphatic imine (C=N–C) groups is 1. The number of nitrogens with one attached hydrogen (secondary N) is 1. The van der Waals surface area contributed by atoms with E-state index in [1.807, 2.05) is 31.4 Å². The Hall–Kier alpha value is -1.71. The molecule has 0 aromatic heterocycles. The molecular weight excluding hydrogens is 212 g/mol. The Morgan fingerprint density at radius 2 is 2.35 bits per heavy atom. The summed E-state index contributed by atoms with van der Waals surface area (Å²) in [7, 11) is 5.84. The zero-order valence-corrected chi connectivity index (χ0v) is 11.1. The van der Waals surface area contributed by atoms with Crippen molar-refractivity contribution in [3.8, 4) is 0 Å². The van der Waals surface area contributed by atoms with Crippen LogP contribution in [0.3, 0.4) is 0 Å². The quantitative estimate of drug-likeness (QED) is 0.594. The van der Waals surface area contributed by atoms with E-state index in [1.165, 1.54) is 0 Å². The molecule has 1 heterocycles. The smallest absolute Gasteiger partial charge is 0.0697 e. The van der Waals surface area contributed by atoms with Gasteiger partial charge in [0, 0.05) is 46.3 Å². The van der Waals surface area contributed by atoms with Crippen LogP contribution in [0.2, 0.25) is 0 Å². The van der Waals surface area contributed by atoms with Gasteiger partial charge in [-0.05, 0) is 25.0 Å². The second-order valence-corrected chi connectivity index (χ2v) is 4.24. The van der Waals surface area contributed by atoms with Gasteiger partial charge in [0.15, 0.2) is 0 Å². The predicted molar refractivity (Wildman–Crippen MR) is 73.5 cm³/mol. The molecule has 0 spiro atoms. The lowest BCUT2D eigenvalue weighted by Gasteiger charge is -2.20. The van der Waals surface area contributed by atoms with E-state index in [0.717, 1.165) is 24.2 Å². The monoisotopic (exact) mass is 234 g/mol. The van der Waals surface area contributed by atoms with Gasteiger partial charge in [-0.3, -0.25) is 15.4 Å². The van der Waals surface area contributed by atoms with Gasteiger partial charge in [0.25, 0.3) is 0 Å². The van der Waals surface area contributed by atoms with Gasteiger partial charge in [-0.1, -0.05) is 6.08 Å². The Balaban J connectivity index is 2.61. The van der Waals surface area contributed by atoms with Gasteiger partial charge < -0.3 is 4.90 Å². The van der Waals surface area contributed by atoms with Gasteiger partial charge >= 0.3 is 0 Å². The van der Waals surface area contributed by atoms with E-state index in [9.17, 15) is 0 Å². The highest BCUT2D eigenvalue weighted by atomic mass is 15.5. The van der Waals surface area contributed by atoms with E-state index in [4.69, 9.17) is 0 Å². The van der Waals surface area contributed by atoms with Crippen LogP contribution in [0.4, 0.5) is 0 Å². The number of nitrogens with zero attached hydrogens (tertiary/aromatic N) is 3. The van der Waals surface area contributed by atoms with Gasteiger partial charge in [0.1, 0.15) is 0 Å². The molecule has 0 atom stereocenters. The summed E-state index contributed by atoms with van der Waals surface area (Å²) in [6, 6.07) is 0. The number of hydrogen-bond donors (Lipinski definition) is 1. The second kappa shape index (κ2) is 6.78. The molecule has 0 fully saturated rings. The molecule has 1 N–H and O–H groups in total. The van der Waals surface area contributed by atoms with Crippen molar-refractivity contribution < 1.29 is 0 Å². The Morgan fingerprint density at radius 3 is 3.06 bits per heavy atom. The van der Waals surface area contributed by atoms with Crippen molar-refractivity contribution in [2.24, 2.45) is 4.99 Å². The molecule has 1 rings (SSSR count). The topological polar surface area (TPSA) is 30.9 Å². The number of hydrazine groups is 1. The minimum absolute atomic E-state index is 1.06. The lowest BCUT2D eigenvalue weighted by molar-refractivity contribution is 0.366. The summed E-state index contributed by atoms with van der Waals surface area (Å²) >= 11 is 0. The largest absolute Gasteiger partial charge is 0.378 e. The van der Waals surface area contributed by atoms with Crippen LogP contribution in [0, 0.1) is 0 Å². The molecule has 94 valence electrons. The first-order valence-electron chi connectivity index (χ1n) is 5.80. The molecule has 1 aliphatic rings. The molecule has 0 unspecified atom stereocenters. The number of hydrogen-bond acceptors (Lipinski definition) is 4. The molecule has 0 radical (unpaired) electrons. The highest BCUT2D eigenvalue weighted by Crippen LogP contribution is 2.04. The predicted octanol–water partition coefficient (Wildman–Crippen LogP) is 1.76. The van der Waals surface area contributed by atoms with Crippen LogP contribution in [0.1, 0.15) is 13.3 Å². The summed E-state index contributed by atoms with van der Waals surface area (Å²) in [6.45, 7) is 3.08. The van der Waals surface area contributed by atoms with Crippen LogP contribution in [0.15, 0.2) is 40.8 Å². The number of allylic oxidation sites excluding steroid dienone is 2. The summed E-state index contributed by atoms with van der Waals surface area (Å²) in [5, 5.41) is 1.94. The Bertz CT molecular complexity index is 352. The van der Waals surface area contributed by atoms with Crippen molar-refractivity contribution in [1.29, 1.82) is 0 Å². The van der Waals surface area contributed by atoms with E-state index >= 15 is 0 Å². The second-order valence-electron chi connectivity index (χ2n) is 4.24. The average Bonchev–Trinajstić information content (AvgIpc) is 2.42. The molecule has 0 aliphatic carbocycles. The van der Waals surface area contributed by atoms with Crippen molar-refractivity contribution in [3.63, 3.8) is 0 Å². The van der Waals surface area contributed by atoms with Crippen LogP contribution in [0.25, 0.3) is 0 Å². The maximum absolute atomic E-state index is 3.98. The Morgan fingerprint density at radius 1 is 1.59 bits per heavy atom. The Labute approximate surface area is 104 Å². The van der Waals surface area contributed by atoms with Gasteiger partial charge in [-0.2, -0.15) is 0 Å². The fourth-order valence-electron chi connectivity index (χ4n) is 1.68. The summed E-state index contributed by atoms with van der Waals surface area (Å²) in [4.78, 5) is 6.16. The summed E-state index contributed by atoms with van der Waals surface area (Å²) in [5.74, 6) is 0.